The lowest BCUT2D eigenvalue weighted by atomic mass is 9.89. The number of carbonyl (C=O) groups is 3. The van der Waals surface area contributed by atoms with Crippen LogP contribution in [0.2, 0.25) is 20.1 Å². The molecule has 5 fully saturated rings. The molecular weight excluding hydrogens is 1440 g/mol. The molecule has 4 amide bonds. The summed E-state index contributed by atoms with van der Waals surface area (Å²) in [7, 11) is -2.16. The summed E-state index contributed by atoms with van der Waals surface area (Å²) in [6, 6.07) is 26.5. The molecule has 6 N–H and O–H groups in total. The molecule has 103 heavy (non-hydrogen) atoms. The molecule has 5 aliphatic rings. The number of piperidine rings is 5. The molecule has 0 spiro atoms. The minimum atomic E-state index is -3.12. The molecule has 10 heterocycles. The van der Waals surface area contributed by atoms with Crippen LogP contribution in [0.4, 0.5) is 13.6 Å². The highest BCUT2D eigenvalue weighted by molar-refractivity contribution is 7.88. The Balaban J connectivity index is 0.000000129. The van der Waals surface area contributed by atoms with Crippen molar-refractivity contribution in [3.63, 3.8) is 0 Å². The molecule has 0 unspecified atom stereocenters. The Morgan fingerprint density at radius 2 is 0.748 bits per heavy atom. The predicted octanol–water partition coefficient (Wildman–Crippen LogP) is 15.9. The molecule has 0 bridgehead atoms. The third kappa shape index (κ3) is 19.1. The van der Waals surface area contributed by atoms with E-state index >= 15 is 0 Å². The van der Waals surface area contributed by atoms with Crippen LogP contribution in [0.1, 0.15) is 135 Å². The van der Waals surface area contributed by atoms with Crippen LogP contribution < -0.4 is 5.32 Å². The zero-order valence-corrected chi connectivity index (χ0v) is 63.7. The fraction of sp³-hybridized carbons (Fsp3) is 0.434. The number of likely N-dealkylation sites (N-methyl/N-ethyl adjacent to an activating group) is 1. The Labute approximate surface area is 621 Å². The largest absolute Gasteiger partial charge is 0.361 e. The number of H-pyrrole nitrogens is 5. The zero-order valence-electron chi connectivity index (χ0n) is 59.0. The van der Waals surface area contributed by atoms with Crippen molar-refractivity contribution in [2.75, 3.05) is 105 Å². The Bertz CT molecular complexity index is 4850. The van der Waals surface area contributed by atoms with Gasteiger partial charge in [0, 0.05) is 188 Å². The summed E-state index contributed by atoms with van der Waals surface area (Å²) in [5, 5.41) is 10.2. The Morgan fingerprint density at radius 3 is 1.10 bits per heavy atom. The van der Waals surface area contributed by atoms with Crippen LogP contribution >= 0.6 is 46.4 Å². The van der Waals surface area contributed by atoms with Gasteiger partial charge >= 0.3 is 6.03 Å². The average Bonchev–Trinajstić information content (AvgIpc) is 1.79. The van der Waals surface area contributed by atoms with Crippen LogP contribution in [-0.2, 0) is 29.6 Å². The van der Waals surface area contributed by atoms with Gasteiger partial charge in [-0.25, -0.2) is 39.0 Å². The van der Waals surface area contributed by atoms with Gasteiger partial charge in [-0.1, -0.05) is 76.7 Å². The molecule has 0 atom stereocenters. The summed E-state index contributed by atoms with van der Waals surface area (Å²) in [4.78, 5) is 58.9. The lowest BCUT2D eigenvalue weighted by Crippen LogP contribution is -2.45. The van der Waals surface area contributed by atoms with E-state index in [1.165, 1.54) is 67.3 Å². The first-order valence-electron chi connectivity index (χ1n) is 35.3. The number of aromatic nitrogens is 5. The Kier molecular flexibility index (Phi) is 25.3. The van der Waals surface area contributed by atoms with Gasteiger partial charge in [0.2, 0.25) is 31.9 Å². The van der Waals surface area contributed by atoms with Crippen molar-refractivity contribution in [1.82, 2.24) is 58.4 Å². The van der Waals surface area contributed by atoms with E-state index in [0.717, 1.165) is 164 Å². The minimum Gasteiger partial charge on any atom is -0.361 e. The van der Waals surface area contributed by atoms with Crippen molar-refractivity contribution in [1.29, 1.82) is 0 Å². The van der Waals surface area contributed by atoms with E-state index in [1.807, 2.05) is 77.7 Å². The molecule has 0 radical (unpaired) electrons. The van der Waals surface area contributed by atoms with Crippen LogP contribution in [0.5, 0.6) is 0 Å². The van der Waals surface area contributed by atoms with Crippen molar-refractivity contribution in [3.05, 3.63) is 175 Å². The molecule has 15 rings (SSSR count). The van der Waals surface area contributed by atoms with Gasteiger partial charge < -0.3 is 49.8 Å². The SMILES string of the molecule is CC(=O)N1CCC(c2c[nH]c3cc(Cl)c(F)cc23)CC1.CC(=O)N1CCC(c2c[nH]c3cc(Cl)ccc23)CC1.CN(C)CCNC(=O)N1CCC(c2c[nH]c3ccccc23)CC1.CS(=O)(=O)N1CCC(c2c[nH]c3cc(Cl)c(F)cc23)CC1.CS(=O)(=O)N1CCC(c2c[nH]c3cc(Cl)ccc23)CC1. The van der Waals surface area contributed by atoms with E-state index < -0.39 is 25.9 Å². The number of nitrogens with zero attached hydrogens (tertiary/aromatic N) is 6. The standard InChI is InChI=1S/C18H26N4O.C15H16ClFN2O.C15H17ClN2O.C14H16ClFN2O2S.C14H17ClN2O2S/c1-21(2)12-9-19-18(23)22-10-7-14(8-11-22)16-13-20-17-6-4-3-5-15(16)17;1-9(20)19-4-2-10(3-5-19)12-8-18-15-7-13(16)14(17)6-11(12)15;1-10(19)18-6-4-11(5-7-18)14-9-17-15-8-12(16)2-3-13(14)15;1-21(19,20)18-4-2-9(3-5-18)11-8-17-14-7-12(15)13(16)6-10(11)14;1-20(18,19)17-6-4-10(5-7-17)13-9-16-14-8-11(15)2-3-12(13)14/h3-6,13-14,20H,7-12H2,1-2H3,(H,19,23);6-8,10,18H,2-5H2,1H3;2-3,8-9,11,17H,4-7H2,1H3;6-9,17H,2-5H2,1H3;2-3,8-10,16H,4-7H2,1H3. The molecule has 5 aliphatic heterocycles. The molecule has 10 aromatic rings. The normalized spacial score (nSPS) is 17.4. The van der Waals surface area contributed by atoms with Crippen LogP contribution in [0.3, 0.4) is 0 Å². The van der Waals surface area contributed by atoms with Gasteiger partial charge in [-0.15, -0.1) is 0 Å². The smallest absolute Gasteiger partial charge is 0.317 e. The second-order valence-corrected chi connectivity index (χ2v) is 33.7. The number of benzene rings is 5. The highest BCUT2D eigenvalue weighted by atomic mass is 35.5. The van der Waals surface area contributed by atoms with E-state index in [1.54, 1.807) is 30.3 Å². The number of nitrogens with one attached hydrogen (secondary N) is 6. The highest BCUT2D eigenvalue weighted by Gasteiger charge is 2.31. The number of likely N-dealkylation sites (tertiary alicyclic amines) is 3. The van der Waals surface area contributed by atoms with Crippen molar-refractivity contribution in [3.8, 4) is 0 Å². The van der Waals surface area contributed by atoms with Crippen molar-refractivity contribution >= 4 is 139 Å². The number of sulfonamides is 2. The zero-order chi connectivity index (χ0) is 73.4. The minimum absolute atomic E-state index is 0.0734. The second-order valence-electron chi connectivity index (χ2n) is 28.0. The lowest BCUT2D eigenvalue weighted by Gasteiger charge is -2.32. The highest BCUT2D eigenvalue weighted by Crippen LogP contribution is 2.40. The van der Waals surface area contributed by atoms with E-state index in [4.69, 9.17) is 46.4 Å². The first-order chi connectivity index (χ1) is 49.2. The van der Waals surface area contributed by atoms with Crippen LogP contribution in [0.15, 0.2) is 116 Å². The topological polar surface area (TPSA) is 230 Å². The molecule has 5 aromatic carbocycles. The second kappa shape index (κ2) is 33.9. The van der Waals surface area contributed by atoms with Crippen LogP contribution in [-0.4, -0.2) is 193 Å². The number of aromatic amines is 5. The van der Waals surface area contributed by atoms with Crippen molar-refractivity contribution < 1.29 is 40.0 Å². The fourth-order valence-corrected chi connectivity index (χ4v) is 17.6. The molecule has 0 aliphatic carbocycles. The summed E-state index contributed by atoms with van der Waals surface area (Å²) in [6.07, 6.45) is 21.8. The maximum absolute atomic E-state index is 13.7. The maximum Gasteiger partial charge on any atom is 0.317 e. The van der Waals surface area contributed by atoms with Gasteiger partial charge in [0.1, 0.15) is 11.6 Å². The average molecular weight is 1530 g/mol. The summed E-state index contributed by atoms with van der Waals surface area (Å²) >= 11 is 23.6. The number of fused-ring (bicyclic) bond motifs is 5. The molecule has 0 saturated carbocycles. The Hall–Kier alpha value is -7.19. The van der Waals surface area contributed by atoms with E-state index in [2.05, 4.69) is 77.9 Å². The Morgan fingerprint density at radius 1 is 0.437 bits per heavy atom. The third-order valence-corrected chi connectivity index (χ3v) is 24.7. The number of urea groups is 1. The van der Waals surface area contributed by atoms with E-state index in [-0.39, 0.29) is 39.6 Å². The van der Waals surface area contributed by atoms with Gasteiger partial charge in [-0.3, -0.25) is 9.59 Å². The first-order valence-corrected chi connectivity index (χ1v) is 40.5. The molecule has 19 nitrogen and oxygen atoms in total. The third-order valence-electron chi connectivity index (χ3n) is 21.0. The van der Waals surface area contributed by atoms with E-state index in [0.29, 0.717) is 56.4 Å². The van der Waals surface area contributed by atoms with Gasteiger partial charge in [-0.05, 0) is 190 Å². The summed E-state index contributed by atoms with van der Waals surface area (Å²) in [5.41, 5.74) is 11.2. The summed E-state index contributed by atoms with van der Waals surface area (Å²) in [5.74, 6) is 1.56. The van der Waals surface area contributed by atoms with Gasteiger partial charge in [0.15, 0.2) is 0 Å². The fourth-order valence-electron chi connectivity index (χ4n) is 15.2. The van der Waals surface area contributed by atoms with E-state index in [9.17, 15) is 40.0 Å². The molecule has 5 saturated heterocycles. The summed E-state index contributed by atoms with van der Waals surface area (Å²) in [6.45, 7) is 12.0. The first kappa shape index (κ1) is 76.9. The predicted molar refractivity (Wildman–Crippen MR) is 412 cm³/mol. The van der Waals surface area contributed by atoms with Crippen LogP contribution in [0.25, 0.3) is 54.5 Å². The number of hydrogen-bond donors (Lipinski definition) is 6. The van der Waals surface area contributed by atoms with Crippen LogP contribution in [0, 0.1) is 11.6 Å². The maximum atomic E-state index is 13.7. The number of para-hydroxylation sites is 1. The number of carbonyl (C=O) groups excluding carboxylic acids is 3. The van der Waals surface area contributed by atoms with Crippen molar-refractivity contribution in [2.45, 2.75) is 108 Å². The molecular formula is C76H92Cl4F2N12O7S2. The van der Waals surface area contributed by atoms with Gasteiger partial charge in [0.25, 0.3) is 0 Å². The monoisotopic (exact) mass is 1530 g/mol. The van der Waals surface area contributed by atoms with Crippen molar-refractivity contribution in [2.24, 2.45) is 0 Å². The molecule has 552 valence electrons. The van der Waals surface area contributed by atoms with Gasteiger partial charge in [-0.2, -0.15) is 0 Å². The number of amides is 4. The quantitative estimate of drug-likeness (QED) is 0.0769. The molecule has 5 aromatic heterocycles. The number of halogens is 6. The summed E-state index contributed by atoms with van der Waals surface area (Å²) < 4.78 is 76.5. The number of rotatable bonds is 10. The van der Waals surface area contributed by atoms with Gasteiger partial charge in [0.05, 0.1) is 22.6 Å². The lowest BCUT2D eigenvalue weighted by molar-refractivity contribution is -0.130. The number of hydrogen-bond acceptors (Lipinski definition) is 8. The molecule has 27 heteroatoms.